The average molecular weight is 797 g/mol. The molecule has 2 unspecified atom stereocenters. The number of hydrogen-bond acceptors (Lipinski definition) is 12. The van der Waals surface area contributed by atoms with Crippen molar-refractivity contribution in [2.45, 2.75) is 38.0 Å². The van der Waals surface area contributed by atoms with Gasteiger partial charge in [0.05, 0.1) is 24.6 Å². The predicted octanol–water partition coefficient (Wildman–Crippen LogP) is 4.20. The number of imide groups is 1. The molecule has 15 heteroatoms. The van der Waals surface area contributed by atoms with Crippen LogP contribution in [0.1, 0.15) is 52.5 Å². The number of nitrogens with zero attached hydrogens (tertiary/aromatic N) is 7. The van der Waals surface area contributed by atoms with Crippen LogP contribution in [0.4, 0.5) is 5.69 Å². The molecule has 9 rings (SSSR count). The summed E-state index contributed by atoms with van der Waals surface area (Å²) in [7, 11) is 0. The second-order valence-corrected chi connectivity index (χ2v) is 15.1. The first-order chi connectivity index (χ1) is 28.8. The molecular weight excluding hydrogens is 753 g/mol. The lowest BCUT2D eigenvalue weighted by Gasteiger charge is -2.36. The molecule has 3 amide bonds. The molecule has 1 aliphatic carbocycles. The standard InChI is InChI=1S/C44H44N8O7/c53-40-12-11-39(42(54)46-40)52-43(55)35-9-7-33(26-36(35)44(52)56)59-24-23-58-22-21-49-17-19-50(20-18-49)31-3-5-32(6-4-31)51-27-37(41(47-51)28-13-15-45-16-14-28)30-1-8-34-29(25-30)2-10-38(34)48-57/h1,3-9,13-16,25-27,39,44,56-57H,2,10-12,17-24H2,(H,46,53,54)/b48-38+. The van der Waals surface area contributed by atoms with Crippen molar-refractivity contribution in [1.82, 2.24) is 29.9 Å². The van der Waals surface area contributed by atoms with E-state index in [2.05, 4.69) is 67.9 Å². The van der Waals surface area contributed by atoms with Gasteiger partial charge in [-0.05, 0) is 85.0 Å². The molecule has 4 aliphatic rings. The Balaban J connectivity index is 0.745. The molecule has 0 radical (unpaired) electrons. The molecule has 302 valence electrons. The van der Waals surface area contributed by atoms with Crippen LogP contribution in [0.25, 0.3) is 28.1 Å². The smallest absolute Gasteiger partial charge is 0.257 e. The van der Waals surface area contributed by atoms with E-state index in [-0.39, 0.29) is 18.7 Å². The molecule has 0 bridgehead atoms. The van der Waals surface area contributed by atoms with Crippen molar-refractivity contribution >= 4 is 29.1 Å². The Morgan fingerprint density at radius 1 is 0.797 bits per heavy atom. The lowest BCUT2D eigenvalue weighted by molar-refractivity contribution is -0.139. The topological polar surface area (TPSA) is 175 Å². The maximum absolute atomic E-state index is 13.0. The van der Waals surface area contributed by atoms with Crippen molar-refractivity contribution in [2.75, 3.05) is 57.4 Å². The zero-order chi connectivity index (χ0) is 40.5. The quantitative estimate of drug-likeness (QED) is 0.0715. The third kappa shape index (κ3) is 7.67. The maximum atomic E-state index is 13.0. The number of piperazine rings is 1. The highest BCUT2D eigenvalue weighted by Crippen LogP contribution is 2.38. The second kappa shape index (κ2) is 16.4. The summed E-state index contributed by atoms with van der Waals surface area (Å²) in [5.74, 6) is -0.926. The normalized spacial score (nSPS) is 19.9. The number of fused-ring (bicyclic) bond motifs is 2. The van der Waals surface area contributed by atoms with Gasteiger partial charge in [-0.1, -0.05) is 23.4 Å². The minimum atomic E-state index is -1.30. The summed E-state index contributed by atoms with van der Waals surface area (Å²) in [5.41, 5.74) is 9.65. The van der Waals surface area contributed by atoms with Crippen LogP contribution < -0.4 is 15.0 Å². The number of aliphatic hydroxyl groups is 1. The van der Waals surface area contributed by atoms with Gasteiger partial charge in [0, 0.05) is 91.2 Å². The molecular formula is C44H44N8O7. The Labute approximate surface area is 340 Å². The minimum Gasteiger partial charge on any atom is -0.491 e. The largest absolute Gasteiger partial charge is 0.491 e. The Morgan fingerprint density at radius 3 is 2.36 bits per heavy atom. The molecule has 0 spiro atoms. The van der Waals surface area contributed by atoms with Crippen molar-refractivity contribution in [3.05, 3.63) is 114 Å². The summed E-state index contributed by atoms with van der Waals surface area (Å²) in [6.07, 6.45) is 6.19. The Bertz CT molecular complexity index is 2410. The summed E-state index contributed by atoms with van der Waals surface area (Å²) in [5, 5.41) is 31.1. The summed E-state index contributed by atoms with van der Waals surface area (Å²) in [6, 6.07) is 22.7. The fourth-order valence-electron chi connectivity index (χ4n) is 8.44. The van der Waals surface area contributed by atoms with Gasteiger partial charge >= 0.3 is 0 Å². The molecule has 3 aliphatic heterocycles. The number of oxime groups is 1. The van der Waals surface area contributed by atoms with Gasteiger partial charge in [0.15, 0.2) is 6.23 Å². The van der Waals surface area contributed by atoms with E-state index in [0.717, 1.165) is 95.5 Å². The van der Waals surface area contributed by atoms with Gasteiger partial charge in [-0.3, -0.25) is 34.5 Å². The Kier molecular flexibility index (Phi) is 10.6. The van der Waals surface area contributed by atoms with Crippen LogP contribution in [0.5, 0.6) is 5.75 Å². The van der Waals surface area contributed by atoms with Crippen molar-refractivity contribution in [3.63, 3.8) is 0 Å². The molecule has 3 aromatic carbocycles. The van der Waals surface area contributed by atoms with E-state index in [0.29, 0.717) is 36.7 Å². The zero-order valence-corrected chi connectivity index (χ0v) is 32.4. The van der Waals surface area contributed by atoms with E-state index < -0.39 is 24.1 Å². The van der Waals surface area contributed by atoms with Crippen LogP contribution in [0.2, 0.25) is 0 Å². The number of piperidine rings is 1. The number of carbonyl (C=O) groups excluding carboxylic acids is 3. The maximum Gasteiger partial charge on any atom is 0.257 e. The predicted molar refractivity (Wildman–Crippen MR) is 218 cm³/mol. The molecule has 3 N–H and O–H groups in total. The lowest BCUT2D eigenvalue weighted by Crippen LogP contribution is -2.53. The number of pyridine rings is 1. The van der Waals surface area contributed by atoms with Gasteiger partial charge < -0.3 is 24.7 Å². The molecule has 2 saturated heterocycles. The summed E-state index contributed by atoms with van der Waals surface area (Å²) in [4.78, 5) is 47.1. The van der Waals surface area contributed by atoms with Gasteiger partial charge in [-0.15, -0.1) is 0 Å². The van der Waals surface area contributed by atoms with Gasteiger partial charge in [-0.2, -0.15) is 5.10 Å². The van der Waals surface area contributed by atoms with Gasteiger partial charge in [-0.25, -0.2) is 4.68 Å². The molecule has 2 atom stereocenters. The molecule has 5 aromatic rings. The Morgan fingerprint density at radius 2 is 1.58 bits per heavy atom. The third-order valence-electron chi connectivity index (χ3n) is 11.6. The summed E-state index contributed by atoms with van der Waals surface area (Å²) >= 11 is 0. The fraction of sp³-hybridized carbons (Fsp3) is 0.318. The Hall–Kier alpha value is -6.42. The van der Waals surface area contributed by atoms with E-state index in [1.807, 2.05) is 22.9 Å². The first kappa shape index (κ1) is 38.1. The first-order valence-electron chi connectivity index (χ1n) is 20.0. The number of benzene rings is 3. The average Bonchev–Trinajstić information content (AvgIpc) is 3.97. The van der Waals surface area contributed by atoms with Gasteiger partial charge in [0.1, 0.15) is 24.1 Å². The molecule has 5 heterocycles. The van der Waals surface area contributed by atoms with E-state index >= 15 is 0 Å². The first-order valence-corrected chi connectivity index (χ1v) is 20.0. The highest BCUT2D eigenvalue weighted by molar-refractivity contribution is 6.06. The van der Waals surface area contributed by atoms with E-state index in [1.54, 1.807) is 30.6 Å². The fourth-order valence-corrected chi connectivity index (χ4v) is 8.44. The zero-order valence-electron chi connectivity index (χ0n) is 32.4. The number of rotatable bonds is 12. The van der Waals surface area contributed by atoms with E-state index in [1.165, 1.54) is 5.56 Å². The van der Waals surface area contributed by atoms with Crippen molar-refractivity contribution in [1.29, 1.82) is 0 Å². The van der Waals surface area contributed by atoms with Crippen LogP contribution in [-0.4, -0.2) is 117 Å². The van der Waals surface area contributed by atoms with Gasteiger partial charge in [0.25, 0.3) is 5.91 Å². The number of aromatic nitrogens is 3. The molecule has 0 saturated carbocycles. The molecule has 15 nitrogen and oxygen atoms in total. The SMILES string of the molecule is O=C1CCC(N2C(=O)c3ccc(OCCOCCN4CCN(c5ccc(-n6cc(-c7ccc8c(c7)CC/C8=N\O)c(-c7ccncc7)n6)cc5)CC4)cc3C2O)C(=O)N1. The van der Waals surface area contributed by atoms with Crippen LogP contribution in [0.3, 0.4) is 0 Å². The number of carbonyl (C=O) groups is 3. The van der Waals surface area contributed by atoms with Crippen LogP contribution in [0.15, 0.2) is 96.5 Å². The number of aryl methyl sites for hydroxylation is 1. The number of aliphatic hydroxyl groups excluding tert-OH is 1. The van der Waals surface area contributed by atoms with Crippen molar-refractivity contribution in [3.8, 4) is 33.8 Å². The number of nitrogens with one attached hydrogen (secondary N) is 1. The third-order valence-corrected chi connectivity index (χ3v) is 11.6. The highest BCUT2D eigenvalue weighted by atomic mass is 16.5. The number of anilines is 1. The molecule has 2 aromatic heterocycles. The summed E-state index contributed by atoms with van der Waals surface area (Å²) < 4.78 is 13.7. The number of amides is 3. The molecule has 59 heavy (non-hydrogen) atoms. The van der Waals surface area contributed by atoms with Gasteiger partial charge in [0.2, 0.25) is 11.8 Å². The highest BCUT2D eigenvalue weighted by Gasteiger charge is 2.44. The lowest BCUT2D eigenvalue weighted by atomic mass is 9.98. The van der Waals surface area contributed by atoms with Crippen molar-refractivity contribution < 1.29 is 34.2 Å². The van der Waals surface area contributed by atoms with E-state index in [9.17, 15) is 24.7 Å². The number of hydrogen-bond donors (Lipinski definition) is 3. The van der Waals surface area contributed by atoms with Crippen LogP contribution in [-0.2, 0) is 20.7 Å². The molecule has 2 fully saturated rings. The van der Waals surface area contributed by atoms with Crippen LogP contribution in [0, 0.1) is 0 Å². The van der Waals surface area contributed by atoms with Crippen molar-refractivity contribution in [2.24, 2.45) is 5.16 Å². The summed E-state index contributed by atoms with van der Waals surface area (Å²) in [6.45, 7) is 5.67. The number of ether oxygens (including phenoxy) is 2. The van der Waals surface area contributed by atoms with Crippen LogP contribution >= 0.6 is 0 Å². The monoisotopic (exact) mass is 796 g/mol. The second-order valence-electron chi connectivity index (χ2n) is 15.1. The minimum absolute atomic E-state index is 0.109. The van der Waals surface area contributed by atoms with E-state index in [4.69, 9.17) is 14.6 Å².